The van der Waals surface area contributed by atoms with E-state index < -0.39 is 0 Å². The fraction of sp³-hybridized carbons (Fsp3) is 1.00. The van der Waals surface area contributed by atoms with Gasteiger partial charge in [0.2, 0.25) is 0 Å². The molecule has 1 N–H and O–H groups in total. The van der Waals surface area contributed by atoms with Crippen molar-refractivity contribution in [3.8, 4) is 0 Å². The molecule has 1 heteroatoms. The second kappa shape index (κ2) is 16.2. The van der Waals surface area contributed by atoms with Gasteiger partial charge >= 0.3 is 0 Å². The highest BCUT2D eigenvalue weighted by Gasteiger charge is 2.09. The van der Waals surface area contributed by atoms with E-state index in [1.54, 1.807) is 0 Å². The lowest BCUT2D eigenvalue weighted by atomic mass is 9.90. The lowest BCUT2D eigenvalue weighted by molar-refractivity contribution is 0.160. The molecule has 0 aromatic rings. The molecule has 0 aromatic heterocycles. The Morgan fingerprint density at radius 3 is 1.16 bits per heavy atom. The van der Waals surface area contributed by atoms with Crippen molar-refractivity contribution in [1.82, 2.24) is 0 Å². The van der Waals surface area contributed by atoms with Crippen LogP contribution in [0.1, 0.15) is 125 Å². The fourth-order valence-corrected chi connectivity index (χ4v) is 4.13. The van der Waals surface area contributed by atoms with Crippen molar-refractivity contribution in [1.29, 1.82) is 0 Å². The van der Waals surface area contributed by atoms with Gasteiger partial charge in [0.25, 0.3) is 0 Å². The van der Waals surface area contributed by atoms with E-state index in [9.17, 15) is 5.11 Å². The van der Waals surface area contributed by atoms with Gasteiger partial charge in [-0.25, -0.2) is 0 Å². The van der Waals surface area contributed by atoms with Crippen LogP contribution in [0.4, 0.5) is 0 Å². The maximum atomic E-state index is 9.43. The summed E-state index contributed by atoms with van der Waals surface area (Å²) >= 11 is 0. The van der Waals surface area contributed by atoms with Gasteiger partial charge in [0.05, 0.1) is 6.10 Å². The Balaban J connectivity index is 3.55. The summed E-state index contributed by atoms with van der Waals surface area (Å²) in [5.41, 5.74) is 0. The fourth-order valence-electron chi connectivity index (χ4n) is 4.13. The van der Waals surface area contributed by atoms with Gasteiger partial charge in [0.1, 0.15) is 0 Å². The third-order valence-corrected chi connectivity index (χ3v) is 5.98. The smallest absolute Gasteiger partial charge is 0.0514 e. The van der Waals surface area contributed by atoms with Crippen LogP contribution in [0.2, 0.25) is 0 Å². The summed E-state index contributed by atoms with van der Waals surface area (Å²) in [5.74, 6) is 3.40. The molecule has 0 bridgehead atoms. The van der Waals surface area contributed by atoms with Crippen LogP contribution in [0.5, 0.6) is 0 Å². The molecule has 0 saturated heterocycles. The summed E-state index contributed by atoms with van der Waals surface area (Å²) < 4.78 is 0. The van der Waals surface area contributed by atoms with E-state index >= 15 is 0 Å². The lowest BCUT2D eigenvalue weighted by Gasteiger charge is -2.17. The molecule has 0 fully saturated rings. The zero-order valence-corrected chi connectivity index (χ0v) is 18.5. The molecule has 0 saturated carbocycles. The van der Waals surface area contributed by atoms with Crippen LogP contribution >= 0.6 is 0 Å². The number of hydrogen-bond acceptors (Lipinski definition) is 1. The van der Waals surface area contributed by atoms with Crippen LogP contribution in [0.15, 0.2) is 0 Å². The first kappa shape index (κ1) is 25.0. The third-order valence-electron chi connectivity index (χ3n) is 5.98. The summed E-state index contributed by atoms with van der Waals surface area (Å²) in [6, 6.07) is 0. The second-order valence-electron chi connectivity index (χ2n) is 9.44. The van der Waals surface area contributed by atoms with Crippen LogP contribution in [0, 0.1) is 23.7 Å². The van der Waals surface area contributed by atoms with Crippen LogP contribution in [-0.2, 0) is 0 Å². The van der Waals surface area contributed by atoms with Crippen LogP contribution in [-0.4, -0.2) is 11.2 Å². The van der Waals surface area contributed by atoms with Gasteiger partial charge in [-0.3, -0.25) is 0 Å². The Kier molecular flexibility index (Phi) is 16.1. The molecule has 5 atom stereocenters. The highest BCUT2D eigenvalue weighted by Crippen LogP contribution is 2.23. The molecular weight excluding hydrogens is 304 g/mol. The molecule has 0 spiro atoms. The molecule has 1 nitrogen and oxygen atoms in total. The Morgan fingerprint density at radius 2 is 0.840 bits per heavy atom. The summed E-state index contributed by atoms with van der Waals surface area (Å²) in [4.78, 5) is 0. The van der Waals surface area contributed by atoms with Crippen molar-refractivity contribution in [2.45, 2.75) is 131 Å². The van der Waals surface area contributed by atoms with Crippen molar-refractivity contribution < 1.29 is 5.11 Å². The van der Waals surface area contributed by atoms with Crippen molar-refractivity contribution >= 4 is 0 Å². The standard InChI is InChI=1S/C24H50O/c1-7-8-12-20(2)13-9-14-21(3)15-10-16-22(4)17-11-18-23(5)19-24(6)25/h20-25H,7-19H2,1-6H3/t20-,21-,22-,23-,24?/m0/s1. The van der Waals surface area contributed by atoms with E-state index in [1.165, 1.54) is 77.0 Å². The third kappa shape index (κ3) is 17.1. The highest BCUT2D eigenvalue weighted by molar-refractivity contribution is 4.62. The Bertz CT molecular complexity index is 273. The molecule has 0 radical (unpaired) electrons. The average Bonchev–Trinajstić information content (AvgIpc) is 2.52. The lowest BCUT2D eigenvalue weighted by Crippen LogP contribution is -2.07. The van der Waals surface area contributed by atoms with E-state index in [2.05, 4.69) is 34.6 Å². The van der Waals surface area contributed by atoms with E-state index in [1.807, 2.05) is 6.92 Å². The molecule has 25 heavy (non-hydrogen) atoms. The first-order valence-electron chi connectivity index (χ1n) is 11.5. The van der Waals surface area contributed by atoms with Crippen LogP contribution in [0.25, 0.3) is 0 Å². The minimum atomic E-state index is -0.136. The molecule has 0 heterocycles. The van der Waals surface area contributed by atoms with Gasteiger partial charge in [0, 0.05) is 0 Å². The number of aliphatic hydroxyl groups is 1. The van der Waals surface area contributed by atoms with E-state index in [0.717, 1.165) is 24.2 Å². The second-order valence-corrected chi connectivity index (χ2v) is 9.44. The summed E-state index contributed by atoms with van der Waals surface area (Å²) in [6.07, 6.45) is 17.5. The molecular formula is C24H50O. The van der Waals surface area contributed by atoms with Crippen molar-refractivity contribution in [2.75, 3.05) is 0 Å². The monoisotopic (exact) mass is 354 g/mol. The molecule has 0 rings (SSSR count). The number of aliphatic hydroxyl groups excluding tert-OH is 1. The van der Waals surface area contributed by atoms with Crippen molar-refractivity contribution in [3.05, 3.63) is 0 Å². The van der Waals surface area contributed by atoms with Gasteiger partial charge in [0.15, 0.2) is 0 Å². The molecule has 1 unspecified atom stereocenters. The van der Waals surface area contributed by atoms with E-state index in [0.29, 0.717) is 5.92 Å². The van der Waals surface area contributed by atoms with Crippen LogP contribution < -0.4 is 0 Å². The largest absolute Gasteiger partial charge is 0.393 e. The molecule has 0 aromatic carbocycles. The maximum Gasteiger partial charge on any atom is 0.0514 e. The predicted octanol–water partition coefficient (Wildman–Crippen LogP) is 8.00. The molecule has 152 valence electrons. The Labute approximate surface area is 160 Å². The SMILES string of the molecule is CCCC[C@H](C)CCC[C@H](C)CCC[C@H](C)CCC[C@H](C)CC(C)O. The highest BCUT2D eigenvalue weighted by atomic mass is 16.3. The quantitative estimate of drug-likeness (QED) is 0.280. The Morgan fingerprint density at radius 1 is 0.520 bits per heavy atom. The molecule has 0 aliphatic heterocycles. The minimum Gasteiger partial charge on any atom is -0.393 e. The van der Waals surface area contributed by atoms with Gasteiger partial charge in [-0.05, 0) is 37.0 Å². The number of unbranched alkanes of at least 4 members (excludes halogenated alkanes) is 1. The van der Waals surface area contributed by atoms with Gasteiger partial charge in [-0.15, -0.1) is 0 Å². The normalized spacial score (nSPS) is 17.9. The first-order valence-corrected chi connectivity index (χ1v) is 11.5. The summed E-state index contributed by atoms with van der Waals surface area (Å²) in [5, 5.41) is 9.43. The molecule has 0 amide bonds. The number of hydrogen-bond donors (Lipinski definition) is 1. The predicted molar refractivity (Wildman–Crippen MR) is 114 cm³/mol. The minimum absolute atomic E-state index is 0.136. The van der Waals surface area contributed by atoms with Crippen molar-refractivity contribution in [2.24, 2.45) is 23.7 Å². The molecule has 0 aliphatic rings. The van der Waals surface area contributed by atoms with Gasteiger partial charge < -0.3 is 5.11 Å². The average molecular weight is 355 g/mol. The van der Waals surface area contributed by atoms with Gasteiger partial charge in [-0.1, -0.05) is 112 Å². The Hall–Kier alpha value is -0.0400. The topological polar surface area (TPSA) is 20.2 Å². The maximum absolute atomic E-state index is 9.43. The zero-order chi connectivity index (χ0) is 19.1. The zero-order valence-electron chi connectivity index (χ0n) is 18.5. The van der Waals surface area contributed by atoms with Gasteiger partial charge in [-0.2, -0.15) is 0 Å². The summed E-state index contributed by atoms with van der Waals surface area (Å²) in [6.45, 7) is 13.8. The summed E-state index contributed by atoms with van der Waals surface area (Å²) in [7, 11) is 0. The van der Waals surface area contributed by atoms with E-state index in [-0.39, 0.29) is 6.10 Å². The molecule has 0 aliphatic carbocycles. The number of rotatable bonds is 17. The van der Waals surface area contributed by atoms with Crippen LogP contribution in [0.3, 0.4) is 0 Å². The first-order chi connectivity index (χ1) is 11.8. The van der Waals surface area contributed by atoms with E-state index in [4.69, 9.17) is 0 Å². The van der Waals surface area contributed by atoms with Crippen molar-refractivity contribution in [3.63, 3.8) is 0 Å².